The number of rotatable bonds is 6. The summed E-state index contributed by atoms with van der Waals surface area (Å²) >= 11 is 6.03. The van der Waals surface area contributed by atoms with Gasteiger partial charge in [-0.05, 0) is 24.6 Å². The van der Waals surface area contributed by atoms with Crippen LogP contribution >= 0.6 is 11.6 Å². The Morgan fingerprint density at radius 2 is 2.00 bits per heavy atom. The molecule has 3 rings (SSSR count). The summed E-state index contributed by atoms with van der Waals surface area (Å²) in [5.74, 6) is 0.685. The largest absolute Gasteiger partial charge is 0.467 e. The topological polar surface area (TPSA) is 107 Å². The second kappa shape index (κ2) is 8.34. The first-order valence-electron chi connectivity index (χ1n) is 8.27. The molecule has 27 heavy (non-hydrogen) atoms. The summed E-state index contributed by atoms with van der Waals surface area (Å²) in [6, 6.07) is 4.85. The molecule has 1 aliphatic heterocycles. The number of ether oxygens (including phenoxy) is 2. The van der Waals surface area contributed by atoms with Gasteiger partial charge in [-0.25, -0.2) is 13.1 Å². The van der Waals surface area contributed by atoms with Gasteiger partial charge in [0.2, 0.25) is 16.0 Å². The fourth-order valence-corrected chi connectivity index (χ4v) is 4.05. The van der Waals surface area contributed by atoms with Crippen molar-refractivity contribution < 1.29 is 17.9 Å². The van der Waals surface area contributed by atoms with Gasteiger partial charge in [0.15, 0.2) is 5.82 Å². The molecule has 0 amide bonds. The highest BCUT2D eigenvalue weighted by molar-refractivity contribution is 7.89. The Labute approximate surface area is 162 Å². The van der Waals surface area contributed by atoms with Gasteiger partial charge in [0.25, 0.3) is 0 Å². The molecule has 0 bridgehead atoms. The number of anilines is 1. The standard InChI is InChI=1S/C16H20ClN5O4S/c1-11-12(17)4-3-5-13(11)27(23,24)18-10-14-19-15(21-16(20-14)25-2)22-6-8-26-9-7-22/h3-5,18H,6-10H2,1-2H3. The minimum atomic E-state index is -3.78. The van der Waals surface area contributed by atoms with E-state index >= 15 is 0 Å². The van der Waals surface area contributed by atoms with E-state index in [1.54, 1.807) is 19.1 Å². The van der Waals surface area contributed by atoms with Crippen LogP contribution in [0.5, 0.6) is 6.01 Å². The molecule has 1 aliphatic rings. The molecule has 1 fully saturated rings. The highest BCUT2D eigenvalue weighted by Gasteiger charge is 2.20. The predicted octanol–water partition coefficient (Wildman–Crippen LogP) is 1.16. The Morgan fingerprint density at radius 3 is 2.70 bits per heavy atom. The van der Waals surface area contributed by atoms with Gasteiger partial charge < -0.3 is 14.4 Å². The third-order valence-electron chi connectivity index (χ3n) is 4.05. The molecule has 0 atom stereocenters. The summed E-state index contributed by atoms with van der Waals surface area (Å²) in [5.41, 5.74) is 0.480. The van der Waals surface area contributed by atoms with Crippen LogP contribution in [0.2, 0.25) is 5.02 Å². The van der Waals surface area contributed by atoms with Gasteiger partial charge in [-0.2, -0.15) is 15.0 Å². The van der Waals surface area contributed by atoms with Crippen LogP contribution in [0.3, 0.4) is 0 Å². The van der Waals surface area contributed by atoms with Crippen molar-refractivity contribution in [2.45, 2.75) is 18.4 Å². The minimum Gasteiger partial charge on any atom is -0.467 e. The Kier molecular flexibility index (Phi) is 6.10. The van der Waals surface area contributed by atoms with Gasteiger partial charge in [-0.3, -0.25) is 0 Å². The predicted molar refractivity (Wildman–Crippen MR) is 99.6 cm³/mol. The second-order valence-corrected chi connectivity index (χ2v) is 7.97. The molecule has 0 aliphatic carbocycles. The van der Waals surface area contributed by atoms with E-state index in [-0.39, 0.29) is 23.3 Å². The number of aromatic nitrogens is 3. The van der Waals surface area contributed by atoms with Crippen molar-refractivity contribution in [2.24, 2.45) is 0 Å². The Hall–Kier alpha value is -2.01. The lowest BCUT2D eigenvalue weighted by atomic mass is 10.2. The summed E-state index contributed by atoms with van der Waals surface area (Å²) < 4.78 is 38.2. The van der Waals surface area contributed by atoms with Gasteiger partial charge in [0, 0.05) is 18.1 Å². The number of morpholine rings is 1. The lowest BCUT2D eigenvalue weighted by Crippen LogP contribution is -2.37. The van der Waals surface area contributed by atoms with E-state index in [1.165, 1.54) is 13.2 Å². The molecule has 1 aromatic heterocycles. The average Bonchev–Trinajstić information content (AvgIpc) is 2.69. The molecule has 2 aromatic rings. The fourth-order valence-electron chi connectivity index (χ4n) is 2.58. The molecule has 0 saturated carbocycles. The summed E-state index contributed by atoms with van der Waals surface area (Å²) in [7, 11) is -2.33. The molecule has 0 spiro atoms. The van der Waals surface area contributed by atoms with Crippen molar-refractivity contribution in [3.63, 3.8) is 0 Å². The zero-order valence-electron chi connectivity index (χ0n) is 15.0. The fraction of sp³-hybridized carbons (Fsp3) is 0.438. The lowest BCUT2D eigenvalue weighted by molar-refractivity contribution is 0.122. The van der Waals surface area contributed by atoms with Crippen LogP contribution in [0.15, 0.2) is 23.1 Å². The van der Waals surface area contributed by atoms with E-state index in [0.29, 0.717) is 42.8 Å². The number of sulfonamides is 1. The number of nitrogens with one attached hydrogen (secondary N) is 1. The Bertz CT molecular complexity index is 919. The molecule has 0 unspecified atom stereocenters. The van der Waals surface area contributed by atoms with E-state index in [9.17, 15) is 8.42 Å². The van der Waals surface area contributed by atoms with Crippen molar-refractivity contribution >= 4 is 27.6 Å². The summed E-state index contributed by atoms with van der Waals surface area (Å²) in [5, 5.41) is 0.384. The monoisotopic (exact) mass is 413 g/mol. The van der Waals surface area contributed by atoms with Crippen molar-refractivity contribution in [3.8, 4) is 6.01 Å². The molecular formula is C16H20ClN5O4S. The SMILES string of the molecule is COc1nc(CNS(=O)(=O)c2cccc(Cl)c2C)nc(N2CCOCC2)n1. The maximum absolute atomic E-state index is 12.6. The summed E-state index contributed by atoms with van der Waals surface area (Å²) in [6.45, 7) is 3.97. The van der Waals surface area contributed by atoms with Crippen molar-refractivity contribution in [1.29, 1.82) is 0 Å². The summed E-state index contributed by atoms with van der Waals surface area (Å²) in [6.07, 6.45) is 0. The van der Waals surface area contributed by atoms with Gasteiger partial charge in [-0.15, -0.1) is 0 Å². The number of benzene rings is 1. The zero-order chi connectivity index (χ0) is 19.4. The normalized spacial score (nSPS) is 15.0. The van der Waals surface area contributed by atoms with E-state index < -0.39 is 10.0 Å². The second-order valence-electron chi connectivity index (χ2n) is 5.83. The molecule has 1 N–H and O–H groups in total. The molecule has 1 aromatic carbocycles. The minimum absolute atomic E-state index is 0.107. The first kappa shape index (κ1) is 19.7. The van der Waals surface area contributed by atoms with Crippen LogP contribution in [0.25, 0.3) is 0 Å². The molecule has 11 heteroatoms. The number of methoxy groups -OCH3 is 1. The van der Waals surface area contributed by atoms with E-state index in [0.717, 1.165) is 0 Å². The number of halogens is 1. The van der Waals surface area contributed by atoms with Crippen LogP contribution < -0.4 is 14.4 Å². The first-order valence-corrected chi connectivity index (χ1v) is 10.1. The Balaban J connectivity index is 1.81. The van der Waals surface area contributed by atoms with Gasteiger partial charge in [0.1, 0.15) is 0 Å². The highest BCUT2D eigenvalue weighted by Crippen LogP contribution is 2.22. The van der Waals surface area contributed by atoms with Gasteiger partial charge >= 0.3 is 6.01 Å². The van der Waals surface area contributed by atoms with Crippen LogP contribution in [-0.4, -0.2) is 56.8 Å². The number of nitrogens with zero attached hydrogens (tertiary/aromatic N) is 4. The zero-order valence-corrected chi connectivity index (χ0v) is 16.5. The number of hydrogen-bond acceptors (Lipinski definition) is 8. The maximum Gasteiger partial charge on any atom is 0.321 e. The number of hydrogen-bond donors (Lipinski definition) is 1. The third-order valence-corrected chi connectivity index (χ3v) is 6.01. The lowest BCUT2D eigenvalue weighted by Gasteiger charge is -2.26. The molecular weight excluding hydrogens is 394 g/mol. The van der Waals surface area contributed by atoms with Crippen molar-refractivity contribution in [3.05, 3.63) is 34.6 Å². The average molecular weight is 414 g/mol. The third kappa shape index (κ3) is 4.64. The smallest absolute Gasteiger partial charge is 0.321 e. The van der Waals surface area contributed by atoms with E-state index in [2.05, 4.69) is 19.7 Å². The van der Waals surface area contributed by atoms with Crippen molar-refractivity contribution in [2.75, 3.05) is 38.3 Å². The van der Waals surface area contributed by atoms with Crippen LogP contribution in [0, 0.1) is 6.92 Å². The quantitative estimate of drug-likeness (QED) is 0.751. The molecule has 0 radical (unpaired) electrons. The van der Waals surface area contributed by atoms with E-state index in [4.69, 9.17) is 21.1 Å². The van der Waals surface area contributed by atoms with Crippen LogP contribution in [-0.2, 0) is 21.3 Å². The van der Waals surface area contributed by atoms with Gasteiger partial charge in [-0.1, -0.05) is 17.7 Å². The van der Waals surface area contributed by atoms with Crippen molar-refractivity contribution in [1.82, 2.24) is 19.7 Å². The molecule has 2 heterocycles. The molecule has 1 saturated heterocycles. The Morgan fingerprint density at radius 1 is 1.26 bits per heavy atom. The molecule has 9 nitrogen and oxygen atoms in total. The first-order chi connectivity index (χ1) is 12.9. The van der Waals surface area contributed by atoms with Gasteiger partial charge in [0.05, 0.1) is 31.8 Å². The van der Waals surface area contributed by atoms with Crippen LogP contribution in [0.1, 0.15) is 11.4 Å². The van der Waals surface area contributed by atoms with E-state index in [1.807, 2.05) is 4.90 Å². The summed E-state index contributed by atoms with van der Waals surface area (Å²) in [4.78, 5) is 14.8. The molecule has 146 valence electrons. The highest BCUT2D eigenvalue weighted by atomic mass is 35.5. The maximum atomic E-state index is 12.6. The van der Waals surface area contributed by atoms with Crippen LogP contribution in [0.4, 0.5) is 5.95 Å².